The van der Waals surface area contributed by atoms with Crippen LogP contribution in [0.1, 0.15) is 0 Å². The summed E-state index contributed by atoms with van der Waals surface area (Å²) in [6.07, 6.45) is 1.51. The Balaban J connectivity index is 3.09. The highest BCUT2D eigenvalue weighted by molar-refractivity contribution is 14.1. The second-order valence-electron chi connectivity index (χ2n) is 2.74. The molecule has 0 unspecified atom stereocenters. The molecule has 2 nitrogen and oxygen atoms in total. The first-order valence-corrected chi connectivity index (χ1v) is 6.01. The molecule has 0 atom stereocenters. The predicted octanol–water partition coefficient (Wildman–Crippen LogP) is 3.55. The van der Waals surface area contributed by atoms with Gasteiger partial charge in [-0.2, -0.15) is 0 Å². The first-order chi connectivity index (χ1) is 6.61. The summed E-state index contributed by atoms with van der Waals surface area (Å²) in [5, 5.41) is 0.810. The summed E-state index contributed by atoms with van der Waals surface area (Å²) >= 11 is 11.2. The van der Waals surface area contributed by atoms with Gasteiger partial charge in [0.05, 0.1) is 10.9 Å². The molecule has 0 saturated heterocycles. The van der Waals surface area contributed by atoms with E-state index in [1.807, 2.05) is 12.1 Å². The number of aromatic nitrogens is 1. The van der Waals surface area contributed by atoms with Gasteiger partial charge in [0, 0.05) is 14.2 Å². The van der Waals surface area contributed by atoms with Crippen molar-refractivity contribution in [2.75, 3.05) is 0 Å². The maximum Gasteiger partial charge on any atom is 0.209 e. The van der Waals surface area contributed by atoms with Gasteiger partial charge in [-0.15, -0.1) is 0 Å². The summed E-state index contributed by atoms with van der Waals surface area (Å²) in [5.74, 6) is 0. The summed E-state index contributed by atoms with van der Waals surface area (Å²) in [6.45, 7) is 0. The Kier molecular flexibility index (Phi) is 2.86. The highest BCUT2D eigenvalue weighted by Crippen LogP contribution is 2.24. The van der Waals surface area contributed by atoms with Gasteiger partial charge >= 0.3 is 0 Å². The van der Waals surface area contributed by atoms with Gasteiger partial charge in [-0.1, -0.05) is 11.6 Å². The van der Waals surface area contributed by atoms with E-state index in [1.165, 1.54) is 6.20 Å². The van der Waals surface area contributed by atoms with Crippen LogP contribution in [-0.2, 0) is 0 Å². The number of fused-ring (bicyclic) bond motifs is 1. The number of nitrogens with one attached hydrogen (secondary N) is 1. The van der Waals surface area contributed by atoms with E-state index in [0.29, 0.717) is 5.39 Å². The third kappa shape index (κ3) is 1.59. The lowest BCUT2D eigenvalue weighted by atomic mass is 10.2. The van der Waals surface area contributed by atoms with Gasteiger partial charge < -0.3 is 4.98 Å². The number of hydrogen-bond acceptors (Lipinski definition) is 1. The van der Waals surface area contributed by atoms with E-state index in [2.05, 4.69) is 43.5 Å². The number of H-pyrrole nitrogens is 1. The maximum absolute atomic E-state index is 11.7. The normalized spacial score (nSPS) is 10.8. The highest BCUT2D eigenvalue weighted by Gasteiger charge is 2.08. The second kappa shape index (κ2) is 3.83. The molecule has 1 N–H and O–H groups in total. The highest BCUT2D eigenvalue weighted by atomic mass is 127. The molecule has 2 rings (SSSR count). The van der Waals surface area contributed by atoms with Gasteiger partial charge in [-0.25, -0.2) is 0 Å². The number of aromatic amines is 1. The van der Waals surface area contributed by atoms with Gasteiger partial charge in [0.1, 0.15) is 5.02 Å². The fourth-order valence-corrected chi connectivity index (χ4v) is 2.50. The molecule has 0 aliphatic rings. The van der Waals surface area contributed by atoms with E-state index in [0.717, 1.165) is 13.6 Å². The first-order valence-electron chi connectivity index (χ1n) is 3.76. The third-order valence-corrected chi connectivity index (χ3v) is 3.73. The molecule has 1 aromatic carbocycles. The van der Waals surface area contributed by atoms with Crippen LogP contribution in [0.25, 0.3) is 10.9 Å². The standard InChI is InChI=1S/C9H4BrClINO/c10-4-1-2-6(12)8-7(4)9(14)5(11)3-13-8/h1-3H,(H,13,14). The first kappa shape index (κ1) is 10.4. The van der Waals surface area contributed by atoms with Crippen LogP contribution >= 0.6 is 50.1 Å². The Hall–Kier alpha value is -0.0700. The lowest BCUT2D eigenvalue weighted by Gasteiger charge is -2.02. The fourth-order valence-electron chi connectivity index (χ4n) is 1.24. The molecule has 0 fully saturated rings. The van der Waals surface area contributed by atoms with Crippen LogP contribution in [0.15, 0.2) is 27.6 Å². The number of benzene rings is 1. The van der Waals surface area contributed by atoms with Gasteiger partial charge in [-0.05, 0) is 50.7 Å². The van der Waals surface area contributed by atoms with Crippen molar-refractivity contribution in [3.8, 4) is 0 Å². The van der Waals surface area contributed by atoms with Crippen molar-refractivity contribution in [3.05, 3.63) is 41.6 Å². The van der Waals surface area contributed by atoms with Crippen molar-refractivity contribution in [2.24, 2.45) is 0 Å². The Morgan fingerprint density at radius 1 is 1.43 bits per heavy atom. The molecule has 0 amide bonds. The van der Waals surface area contributed by atoms with Gasteiger partial charge in [0.2, 0.25) is 5.43 Å². The average molecular weight is 384 g/mol. The van der Waals surface area contributed by atoms with Crippen molar-refractivity contribution in [1.29, 1.82) is 0 Å². The third-order valence-electron chi connectivity index (χ3n) is 1.89. The van der Waals surface area contributed by atoms with Crippen molar-refractivity contribution >= 4 is 61.0 Å². The molecule has 0 saturated carbocycles. The molecule has 2 aromatic rings. The molecular formula is C9H4BrClINO. The molecule has 0 bridgehead atoms. The minimum atomic E-state index is -0.147. The van der Waals surface area contributed by atoms with Crippen molar-refractivity contribution in [2.45, 2.75) is 0 Å². The summed E-state index contributed by atoms with van der Waals surface area (Å²) in [6, 6.07) is 3.77. The zero-order valence-corrected chi connectivity index (χ0v) is 11.3. The van der Waals surface area contributed by atoms with Crippen molar-refractivity contribution in [3.63, 3.8) is 0 Å². The molecule has 0 spiro atoms. The Morgan fingerprint density at radius 3 is 2.86 bits per heavy atom. The van der Waals surface area contributed by atoms with E-state index in [4.69, 9.17) is 11.6 Å². The summed E-state index contributed by atoms with van der Waals surface area (Å²) < 4.78 is 1.76. The van der Waals surface area contributed by atoms with Crippen LogP contribution in [0, 0.1) is 3.57 Å². The van der Waals surface area contributed by atoms with Crippen LogP contribution in [0.2, 0.25) is 5.02 Å². The largest absolute Gasteiger partial charge is 0.359 e. The predicted molar refractivity (Wildman–Crippen MR) is 70.0 cm³/mol. The molecule has 0 aliphatic carbocycles. The monoisotopic (exact) mass is 383 g/mol. The Morgan fingerprint density at radius 2 is 2.14 bits per heavy atom. The van der Waals surface area contributed by atoms with E-state index in [-0.39, 0.29) is 10.5 Å². The Labute approximate surface area is 107 Å². The van der Waals surface area contributed by atoms with Crippen LogP contribution in [0.3, 0.4) is 0 Å². The maximum atomic E-state index is 11.7. The van der Waals surface area contributed by atoms with Gasteiger partial charge in [-0.3, -0.25) is 4.79 Å². The zero-order valence-electron chi connectivity index (χ0n) is 6.77. The smallest absolute Gasteiger partial charge is 0.209 e. The Bertz CT molecular complexity index is 566. The summed E-state index contributed by atoms with van der Waals surface area (Å²) in [5.41, 5.74) is 0.667. The summed E-state index contributed by atoms with van der Waals surface area (Å²) in [7, 11) is 0. The zero-order chi connectivity index (χ0) is 10.3. The van der Waals surface area contributed by atoms with Crippen molar-refractivity contribution < 1.29 is 0 Å². The molecule has 72 valence electrons. The van der Waals surface area contributed by atoms with E-state index < -0.39 is 0 Å². The molecular weight excluding hydrogens is 380 g/mol. The molecule has 0 radical (unpaired) electrons. The number of hydrogen-bond donors (Lipinski definition) is 1. The SMILES string of the molecule is O=c1c(Cl)c[nH]c2c(I)ccc(Br)c12. The second-order valence-corrected chi connectivity index (χ2v) is 5.17. The van der Waals surface area contributed by atoms with Crippen LogP contribution in [-0.4, -0.2) is 4.98 Å². The number of pyridine rings is 1. The van der Waals surface area contributed by atoms with Crippen LogP contribution in [0.5, 0.6) is 0 Å². The average Bonchev–Trinajstić information content (AvgIpc) is 2.16. The van der Waals surface area contributed by atoms with Crippen LogP contribution in [0.4, 0.5) is 0 Å². The number of rotatable bonds is 0. The molecule has 1 aromatic heterocycles. The lowest BCUT2D eigenvalue weighted by molar-refractivity contribution is 1.37. The fraction of sp³-hybridized carbons (Fsp3) is 0. The van der Waals surface area contributed by atoms with E-state index in [9.17, 15) is 4.79 Å². The number of halogens is 3. The van der Waals surface area contributed by atoms with Gasteiger partial charge in [0.15, 0.2) is 0 Å². The molecule has 5 heteroatoms. The quantitative estimate of drug-likeness (QED) is 0.693. The molecule has 0 aliphatic heterocycles. The van der Waals surface area contributed by atoms with E-state index in [1.54, 1.807) is 0 Å². The molecule has 1 heterocycles. The van der Waals surface area contributed by atoms with E-state index >= 15 is 0 Å². The topological polar surface area (TPSA) is 32.9 Å². The minimum Gasteiger partial charge on any atom is -0.359 e. The van der Waals surface area contributed by atoms with Crippen molar-refractivity contribution in [1.82, 2.24) is 4.98 Å². The lowest BCUT2D eigenvalue weighted by Crippen LogP contribution is -2.04. The summed E-state index contributed by atoms with van der Waals surface area (Å²) in [4.78, 5) is 14.7. The molecule has 14 heavy (non-hydrogen) atoms. The van der Waals surface area contributed by atoms with Gasteiger partial charge in [0.25, 0.3) is 0 Å². The van der Waals surface area contributed by atoms with Crippen LogP contribution < -0.4 is 5.43 Å². The minimum absolute atomic E-state index is 0.147.